The van der Waals surface area contributed by atoms with E-state index in [0.717, 1.165) is 25.9 Å². The summed E-state index contributed by atoms with van der Waals surface area (Å²) in [5.41, 5.74) is 0. The van der Waals surface area contributed by atoms with Gasteiger partial charge < -0.3 is 10.2 Å². The molecule has 1 saturated heterocycles. The molecule has 1 amide bonds. The van der Waals surface area contributed by atoms with Gasteiger partial charge in [-0.25, -0.2) is 8.42 Å². The van der Waals surface area contributed by atoms with Gasteiger partial charge in [0.1, 0.15) is 0 Å². The molecule has 140 valence electrons. The Balaban J connectivity index is 2.13. The van der Waals surface area contributed by atoms with Crippen LogP contribution in [-0.4, -0.2) is 56.4 Å². The van der Waals surface area contributed by atoms with E-state index in [1.54, 1.807) is 18.2 Å². The van der Waals surface area contributed by atoms with Crippen LogP contribution in [0, 0.1) is 0 Å². The summed E-state index contributed by atoms with van der Waals surface area (Å²) in [7, 11) is -1.38. The molecule has 1 N–H and O–H groups in total. The van der Waals surface area contributed by atoms with E-state index in [4.69, 9.17) is 0 Å². The van der Waals surface area contributed by atoms with E-state index in [-0.39, 0.29) is 16.9 Å². The summed E-state index contributed by atoms with van der Waals surface area (Å²) in [4.78, 5) is 15.7. The number of amides is 1. The Hall–Kier alpha value is -1.05. The largest absolute Gasteiger partial charge is 0.340 e. The smallest absolute Gasteiger partial charge is 0.235 e. The molecule has 2 unspecified atom stereocenters. The van der Waals surface area contributed by atoms with Gasteiger partial charge in [0.25, 0.3) is 0 Å². The van der Waals surface area contributed by atoms with Crippen LogP contribution in [0.5, 0.6) is 0 Å². The van der Waals surface area contributed by atoms with Crippen molar-refractivity contribution in [2.45, 2.75) is 54.2 Å². The highest BCUT2D eigenvalue weighted by atomic mass is 32.2. The molecule has 1 heterocycles. The van der Waals surface area contributed by atoms with Crippen LogP contribution in [0.3, 0.4) is 0 Å². The van der Waals surface area contributed by atoms with Gasteiger partial charge in [-0.05, 0) is 45.4 Å². The Bertz CT molecular complexity index is 691. The van der Waals surface area contributed by atoms with E-state index < -0.39 is 9.84 Å². The van der Waals surface area contributed by atoms with Crippen molar-refractivity contribution in [1.29, 1.82) is 0 Å². The molecule has 1 aliphatic rings. The van der Waals surface area contributed by atoms with Crippen LogP contribution < -0.4 is 5.32 Å². The Kier molecular flexibility index (Phi) is 7.34. The molecule has 0 saturated carbocycles. The van der Waals surface area contributed by atoms with Crippen LogP contribution in [-0.2, 0) is 14.6 Å². The number of sulfone groups is 1. The highest BCUT2D eigenvalue weighted by Crippen LogP contribution is 2.31. The first-order chi connectivity index (χ1) is 11.9. The molecule has 0 bridgehead atoms. The zero-order valence-electron chi connectivity index (χ0n) is 15.2. The van der Waals surface area contributed by atoms with E-state index in [0.29, 0.717) is 22.3 Å². The quantitative estimate of drug-likeness (QED) is 0.732. The second-order valence-corrected chi connectivity index (χ2v) is 9.90. The fourth-order valence-corrected chi connectivity index (χ4v) is 6.01. The molecule has 25 heavy (non-hydrogen) atoms. The Morgan fingerprint density at radius 2 is 2.12 bits per heavy atom. The minimum Gasteiger partial charge on any atom is -0.340 e. The zero-order valence-corrected chi connectivity index (χ0v) is 16.8. The van der Waals surface area contributed by atoms with E-state index in [1.807, 2.05) is 31.9 Å². The summed E-state index contributed by atoms with van der Waals surface area (Å²) in [5, 5.41) is 2.93. The maximum absolute atomic E-state index is 12.8. The van der Waals surface area contributed by atoms with Crippen molar-refractivity contribution in [3.63, 3.8) is 0 Å². The second-order valence-electron chi connectivity index (χ2n) is 6.44. The third kappa shape index (κ3) is 5.21. The Morgan fingerprint density at radius 3 is 2.80 bits per heavy atom. The maximum Gasteiger partial charge on any atom is 0.235 e. The number of likely N-dealkylation sites (N-methyl/N-ethyl adjacent to an activating group) is 1. The van der Waals surface area contributed by atoms with Crippen molar-refractivity contribution in [2.24, 2.45) is 0 Å². The van der Waals surface area contributed by atoms with Crippen molar-refractivity contribution < 1.29 is 13.2 Å². The van der Waals surface area contributed by atoms with E-state index in [1.165, 1.54) is 11.8 Å². The molecule has 2 atom stereocenters. The molecule has 7 heteroatoms. The SMILES string of the molecule is CCCS(=O)(=O)c1ccccc1SC(C)C(=O)N1CCCC(NC)C1. The van der Waals surface area contributed by atoms with Crippen LogP contribution in [0.1, 0.15) is 33.1 Å². The lowest BCUT2D eigenvalue weighted by atomic mass is 10.1. The number of benzene rings is 1. The first-order valence-corrected chi connectivity index (χ1v) is 11.4. The Labute approximate surface area is 155 Å². The molecule has 1 aromatic rings. The standard InChI is InChI=1S/C18H28N2O3S2/c1-4-12-25(22,23)17-10-6-5-9-16(17)24-14(2)18(21)20-11-7-8-15(13-20)19-3/h5-6,9-10,14-15,19H,4,7-8,11-13H2,1-3H3. The lowest BCUT2D eigenvalue weighted by Crippen LogP contribution is -2.49. The summed E-state index contributed by atoms with van der Waals surface area (Å²) in [6.45, 7) is 5.21. The van der Waals surface area contributed by atoms with E-state index >= 15 is 0 Å². The number of likely N-dealkylation sites (tertiary alicyclic amines) is 1. The van der Waals surface area contributed by atoms with Crippen LogP contribution in [0.4, 0.5) is 0 Å². The average molecular weight is 385 g/mol. The molecule has 0 radical (unpaired) electrons. The molecule has 1 aromatic carbocycles. The van der Waals surface area contributed by atoms with Gasteiger partial charge in [0, 0.05) is 24.0 Å². The number of carbonyl (C=O) groups excluding carboxylic acids is 1. The summed E-state index contributed by atoms with van der Waals surface area (Å²) in [5.74, 6) is 0.204. The monoisotopic (exact) mass is 384 g/mol. The summed E-state index contributed by atoms with van der Waals surface area (Å²) in [6.07, 6.45) is 2.66. The zero-order chi connectivity index (χ0) is 18.4. The first-order valence-electron chi connectivity index (χ1n) is 8.83. The maximum atomic E-state index is 12.8. The summed E-state index contributed by atoms with van der Waals surface area (Å²) >= 11 is 1.34. The van der Waals surface area contributed by atoms with Crippen molar-refractivity contribution in [3.8, 4) is 0 Å². The average Bonchev–Trinajstić information content (AvgIpc) is 2.61. The highest BCUT2D eigenvalue weighted by molar-refractivity contribution is 8.01. The number of piperidine rings is 1. The molecule has 0 aromatic heterocycles. The number of hydrogen-bond donors (Lipinski definition) is 1. The molecule has 0 aliphatic carbocycles. The van der Waals surface area contributed by atoms with Gasteiger partial charge in [0.05, 0.1) is 15.9 Å². The van der Waals surface area contributed by atoms with Crippen LogP contribution in [0.25, 0.3) is 0 Å². The van der Waals surface area contributed by atoms with Crippen LogP contribution in [0.2, 0.25) is 0 Å². The molecule has 1 fully saturated rings. The predicted octanol–water partition coefficient (Wildman–Crippen LogP) is 2.56. The van der Waals surface area contributed by atoms with E-state index in [2.05, 4.69) is 5.32 Å². The fourth-order valence-electron chi connectivity index (χ4n) is 3.09. The van der Waals surface area contributed by atoms with Crippen LogP contribution >= 0.6 is 11.8 Å². The third-order valence-electron chi connectivity index (χ3n) is 4.45. The molecule has 0 spiro atoms. The van der Waals surface area contributed by atoms with Gasteiger partial charge in [0.15, 0.2) is 9.84 Å². The third-order valence-corrected chi connectivity index (χ3v) is 7.72. The number of rotatable bonds is 7. The number of hydrogen-bond acceptors (Lipinski definition) is 5. The van der Waals surface area contributed by atoms with Gasteiger partial charge in [0.2, 0.25) is 5.91 Å². The highest BCUT2D eigenvalue weighted by Gasteiger charge is 2.28. The van der Waals surface area contributed by atoms with Crippen molar-refractivity contribution >= 4 is 27.5 Å². The van der Waals surface area contributed by atoms with Gasteiger partial charge in [-0.3, -0.25) is 4.79 Å². The molecule has 1 aliphatic heterocycles. The number of carbonyl (C=O) groups is 1. The summed E-state index contributed by atoms with van der Waals surface area (Å²) < 4.78 is 24.9. The van der Waals surface area contributed by atoms with E-state index in [9.17, 15) is 13.2 Å². The summed E-state index contributed by atoms with van der Waals surface area (Å²) in [6, 6.07) is 7.34. The van der Waals surface area contributed by atoms with Crippen molar-refractivity contribution in [2.75, 3.05) is 25.9 Å². The van der Waals surface area contributed by atoms with Crippen molar-refractivity contribution in [3.05, 3.63) is 24.3 Å². The molecule has 2 rings (SSSR count). The minimum absolute atomic E-state index is 0.0765. The van der Waals surface area contributed by atoms with Gasteiger partial charge in [-0.15, -0.1) is 11.8 Å². The fraction of sp³-hybridized carbons (Fsp3) is 0.611. The normalized spacial score (nSPS) is 19.6. The number of nitrogens with zero attached hydrogens (tertiary/aromatic N) is 1. The Morgan fingerprint density at radius 1 is 1.40 bits per heavy atom. The number of nitrogens with one attached hydrogen (secondary N) is 1. The lowest BCUT2D eigenvalue weighted by molar-refractivity contribution is -0.131. The second kappa shape index (κ2) is 9.05. The van der Waals surface area contributed by atoms with Gasteiger partial charge in [-0.2, -0.15) is 0 Å². The minimum atomic E-state index is -3.31. The number of thioether (sulfide) groups is 1. The van der Waals surface area contributed by atoms with Crippen molar-refractivity contribution in [1.82, 2.24) is 10.2 Å². The molecular formula is C18H28N2O3S2. The molecule has 5 nitrogen and oxygen atoms in total. The first kappa shape index (κ1) is 20.3. The van der Waals surface area contributed by atoms with Gasteiger partial charge in [-0.1, -0.05) is 19.1 Å². The van der Waals surface area contributed by atoms with Gasteiger partial charge >= 0.3 is 0 Å². The molecular weight excluding hydrogens is 356 g/mol. The van der Waals surface area contributed by atoms with Crippen LogP contribution in [0.15, 0.2) is 34.1 Å². The topological polar surface area (TPSA) is 66.5 Å². The lowest BCUT2D eigenvalue weighted by Gasteiger charge is -2.34. The predicted molar refractivity (Wildman–Crippen MR) is 103 cm³/mol.